The van der Waals surface area contributed by atoms with Gasteiger partial charge >= 0.3 is 5.97 Å². The third-order valence-corrected chi connectivity index (χ3v) is 5.01. The van der Waals surface area contributed by atoms with Crippen molar-refractivity contribution in [1.29, 1.82) is 0 Å². The van der Waals surface area contributed by atoms with Crippen molar-refractivity contribution in [3.63, 3.8) is 0 Å². The fourth-order valence-electron chi connectivity index (χ4n) is 3.45. The maximum absolute atomic E-state index is 12.4. The summed E-state index contributed by atoms with van der Waals surface area (Å²) in [5.74, 6) is -0.987. The van der Waals surface area contributed by atoms with E-state index in [4.69, 9.17) is 9.47 Å². The van der Waals surface area contributed by atoms with Crippen molar-refractivity contribution >= 4 is 29.2 Å². The minimum absolute atomic E-state index is 0.0601. The van der Waals surface area contributed by atoms with Crippen molar-refractivity contribution in [2.45, 2.75) is 27.2 Å². The Labute approximate surface area is 176 Å². The summed E-state index contributed by atoms with van der Waals surface area (Å²) in [5.41, 5.74) is 3.28. The lowest BCUT2D eigenvalue weighted by Gasteiger charge is -2.17. The number of esters is 1. The molecule has 1 N–H and O–H groups in total. The monoisotopic (exact) mass is 410 g/mol. The van der Waals surface area contributed by atoms with Gasteiger partial charge in [0.15, 0.2) is 6.61 Å². The summed E-state index contributed by atoms with van der Waals surface area (Å²) in [6.07, 6.45) is 0.0601. The lowest BCUT2D eigenvalue weighted by molar-refractivity contribution is -0.151. The van der Waals surface area contributed by atoms with Crippen LogP contribution in [0.3, 0.4) is 0 Å². The number of anilines is 2. The molecule has 7 nitrogen and oxygen atoms in total. The van der Waals surface area contributed by atoms with Crippen LogP contribution in [-0.2, 0) is 19.1 Å². The maximum Gasteiger partial charge on any atom is 0.311 e. The smallest absolute Gasteiger partial charge is 0.311 e. The third-order valence-electron chi connectivity index (χ3n) is 5.01. The van der Waals surface area contributed by atoms with E-state index in [0.29, 0.717) is 12.3 Å². The first-order valence-electron chi connectivity index (χ1n) is 9.95. The van der Waals surface area contributed by atoms with E-state index in [0.717, 1.165) is 22.6 Å². The Bertz CT molecular complexity index is 919. The first-order valence-corrected chi connectivity index (χ1v) is 9.95. The van der Waals surface area contributed by atoms with Crippen LogP contribution in [-0.4, -0.2) is 37.5 Å². The van der Waals surface area contributed by atoms with Gasteiger partial charge in [-0.3, -0.25) is 14.4 Å². The molecule has 2 amide bonds. The molecule has 3 rings (SSSR count). The highest BCUT2D eigenvalue weighted by Gasteiger charge is 2.36. The molecule has 2 aromatic rings. The fraction of sp³-hybridized carbons (Fsp3) is 0.348. The number of nitrogens with one attached hydrogen (secondary N) is 1. The lowest BCUT2D eigenvalue weighted by atomic mass is 10.1. The molecular weight excluding hydrogens is 384 g/mol. The lowest BCUT2D eigenvalue weighted by Crippen LogP contribution is -2.28. The number of rotatable bonds is 7. The molecule has 0 bridgehead atoms. The summed E-state index contributed by atoms with van der Waals surface area (Å²) < 4.78 is 10.6. The van der Waals surface area contributed by atoms with Gasteiger partial charge in [0, 0.05) is 24.3 Å². The molecule has 1 unspecified atom stereocenters. The zero-order valence-electron chi connectivity index (χ0n) is 17.4. The van der Waals surface area contributed by atoms with Gasteiger partial charge in [0.05, 0.1) is 12.5 Å². The van der Waals surface area contributed by atoms with Gasteiger partial charge in [0.2, 0.25) is 5.91 Å². The number of carbonyl (C=O) groups is 3. The van der Waals surface area contributed by atoms with Crippen LogP contribution in [0.1, 0.15) is 24.5 Å². The van der Waals surface area contributed by atoms with E-state index in [1.165, 1.54) is 0 Å². The quantitative estimate of drug-likeness (QED) is 0.709. The van der Waals surface area contributed by atoms with Gasteiger partial charge in [-0.15, -0.1) is 0 Å². The Morgan fingerprint density at radius 1 is 1.10 bits per heavy atom. The van der Waals surface area contributed by atoms with E-state index in [9.17, 15) is 14.4 Å². The molecule has 0 saturated carbocycles. The summed E-state index contributed by atoms with van der Waals surface area (Å²) >= 11 is 0. The van der Waals surface area contributed by atoms with Gasteiger partial charge in [-0.05, 0) is 56.2 Å². The number of amides is 2. The van der Waals surface area contributed by atoms with Gasteiger partial charge < -0.3 is 19.7 Å². The molecule has 2 aromatic carbocycles. The van der Waals surface area contributed by atoms with Crippen LogP contribution in [0.15, 0.2) is 42.5 Å². The summed E-state index contributed by atoms with van der Waals surface area (Å²) in [7, 11) is 0. The average Bonchev–Trinajstić information content (AvgIpc) is 3.11. The number of ether oxygens (including phenoxy) is 2. The molecule has 0 radical (unpaired) electrons. The zero-order valence-corrected chi connectivity index (χ0v) is 17.4. The Morgan fingerprint density at radius 3 is 2.40 bits per heavy atom. The number of para-hydroxylation sites is 1. The normalized spacial score (nSPS) is 15.8. The number of carbonyl (C=O) groups excluding carboxylic acids is 3. The molecule has 158 valence electrons. The van der Waals surface area contributed by atoms with Crippen LogP contribution in [0, 0.1) is 19.8 Å². The van der Waals surface area contributed by atoms with E-state index in [-0.39, 0.29) is 25.5 Å². The van der Waals surface area contributed by atoms with Crippen LogP contribution in [0.2, 0.25) is 0 Å². The van der Waals surface area contributed by atoms with Crippen molar-refractivity contribution in [2.24, 2.45) is 5.92 Å². The standard InChI is InChI=1S/C23H26N2O5/c1-4-29-19-10-8-18(9-11-19)25-13-17(12-21(25)27)23(28)30-14-20(26)24-22-15(2)6-5-7-16(22)3/h5-11,17H,4,12-14H2,1-3H3,(H,24,26). The number of hydrogen-bond donors (Lipinski definition) is 1. The number of nitrogens with zero attached hydrogens (tertiary/aromatic N) is 1. The first kappa shape index (κ1) is 21.4. The second-order valence-corrected chi connectivity index (χ2v) is 7.26. The van der Waals surface area contributed by atoms with Gasteiger partial charge in [0.25, 0.3) is 5.91 Å². The number of aryl methyl sites for hydroxylation is 2. The second kappa shape index (κ2) is 9.43. The summed E-state index contributed by atoms with van der Waals surface area (Å²) in [5, 5.41) is 2.78. The van der Waals surface area contributed by atoms with Gasteiger partial charge in [-0.25, -0.2) is 0 Å². The third kappa shape index (κ3) is 4.97. The van der Waals surface area contributed by atoms with Crippen LogP contribution < -0.4 is 15.0 Å². The minimum Gasteiger partial charge on any atom is -0.494 e. The molecule has 7 heteroatoms. The van der Waals surface area contributed by atoms with E-state index in [2.05, 4.69) is 5.32 Å². The molecule has 1 aliphatic heterocycles. The highest BCUT2D eigenvalue weighted by molar-refractivity contribution is 6.00. The first-order chi connectivity index (χ1) is 14.4. The Kier molecular flexibility index (Phi) is 6.72. The van der Waals surface area contributed by atoms with Crippen LogP contribution in [0.25, 0.3) is 0 Å². The van der Waals surface area contributed by atoms with E-state index in [1.807, 2.05) is 39.0 Å². The predicted octanol–water partition coefficient (Wildman–Crippen LogP) is 3.24. The largest absolute Gasteiger partial charge is 0.494 e. The molecular formula is C23H26N2O5. The molecule has 0 aliphatic carbocycles. The van der Waals surface area contributed by atoms with E-state index >= 15 is 0 Å². The van der Waals surface area contributed by atoms with Crippen LogP contribution in [0.4, 0.5) is 11.4 Å². The highest BCUT2D eigenvalue weighted by atomic mass is 16.5. The summed E-state index contributed by atoms with van der Waals surface area (Å²) in [6.45, 7) is 6.09. The van der Waals surface area contributed by atoms with Gasteiger partial charge in [-0.1, -0.05) is 18.2 Å². The Balaban J connectivity index is 1.53. The highest BCUT2D eigenvalue weighted by Crippen LogP contribution is 2.27. The molecule has 0 spiro atoms. The van der Waals surface area contributed by atoms with E-state index < -0.39 is 17.8 Å². The minimum atomic E-state index is -0.600. The second-order valence-electron chi connectivity index (χ2n) is 7.26. The van der Waals surface area contributed by atoms with Crippen molar-refractivity contribution in [1.82, 2.24) is 0 Å². The fourth-order valence-corrected chi connectivity index (χ4v) is 3.45. The van der Waals surface area contributed by atoms with Crippen molar-refractivity contribution in [3.8, 4) is 5.75 Å². The van der Waals surface area contributed by atoms with Crippen molar-refractivity contribution in [3.05, 3.63) is 53.6 Å². The molecule has 0 aromatic heterocycles. The molecule has 30 heavy (non-hydrogen) atoms. The van der Waals surface area contributed by atoms with Crippen LogP contribution in [0.5, 0.6) is 5.75 Å². The Morgan fingerprint density at radius 2 is 1.77 bits per heavy atom. The van der Waals surface area contributed by atoms with Gasteiger partial charge in [0.1, 0.15) is 5.75 Å². The topological polar surface area (TPSA) is 84.9 Å². The predicted molar refractivity (Wildman–Crippen MR) is 114 cm³/mol. The molecule has 1 atom stereocenters. The maximum atomic E-state index is 12.4. The van der Waals surface area contributed by atoms with Crippen molar-refractivity contribution < 1.29 is 23.9 Å². The molecule has 1 heterocycles. The van der Waals surface area contributed by atoms with Crippen LogP contribution >= 0.6 is 0 Å². The molecule has 1 aliphatic rings. The van der Waals surface area contributed by atoms with E-state index in [1.54, 1.807) is 29.2 Å². The SMILES string of the molecule is CCOc1ccc(N2CC(C(=O)OCC(=O)Nc3c(C)cccc3C)CC2=O)cc1. The zero-order chi connectivity index (χ0) is 21.7. The average molecular weight is 410 g/mol. The Hall–Kier alpha value is -3.35. The number of benzene rings is 2. The summed E-state index contributed by atoms with van der Waals surface area (Å²) in [6, 6.07) is 12.9. The molecule has 1 saturated heterocycles. The van der Waals surface area contributed by atoms with Crippen molar-refractivity contribution in [2.75, 3.05) is 30.0 Å². The summed E-state index contributed by atoms with van der Waals surface area (Å²) in [4.78, 5) is 38.5. The molecule has 1 fully saturated rings. The van der Waals surface area contributed by atoms with Gasteiger partial charge in [-0.2, -0.15) is 0 Å². The number of hydrogen-bond acceptors (Lipinski definition) is 5.